The molecule has 6 heteroatoms. The van der Waals surface area contributed by atoms with E-state index in [4.69, 9.17) is 44.4 Å². The van der Waals surface area contributed by atoms with E-state index < -0.39 is 6.00 Å². The highest BCUT2D eigenvalue weighted by molar-refractivity contribution is 7.75. The molecule has 0 heterocycles. The topological polar surface area (TPSA) is 49.9 Å². The van der Waals surface area contributed by atoms with Crippen molar-refractivity contribution in [1.82, 2.24) is 0 Å². The van der Waals surface area contributed by atoms with Gasteiger partial charge >= 0.3 is 6.00 Å². The molecule has 42 valence electrons. The summed E-state index contributed by atoms with van der Waals surface area (Å²) in [7, 11) is 0. The van der Waals surface area contributed by atoms with Gasteiger partial charge in [-0.1, -0.05) is 0 Å². The zero-order valence-corrected chi connectivity index (χ0v) is 6.48. The van der Waals surface area contributed by atoms with E-state index in [1.54, 1.807) is 0 Å². The third-order valence-electron chi connectivity index (χ3n) is 0.305. The van der Waals surface area contributed by atoms with E-state index in [1.165, 1.54) is 0 Å². The predicted molar refractivity (Wildman–Crippen MR) is 35.2 cm³/mol. The highest BCUT2D eigenvalue weighted by atomic mass is 35.8. The summed E-state index contributed by atoms with van der Waals surface area (Å²) in [6.45, 7) is 0. The first-order valence-corrected chi connectivity index (χ1v) is 6.39. The van der Waals surface area contributed by atoms with Gasteiger partial charge in [0.1, 0.15) is 5.46 Å². The summed E-state index contributed by atoms with van der Waals surface area (Å²) in [5.41, 5.74) is 4.50. The largest absolute Gasteiger partial charge is 0.407 e. The first-order chi connectivity index (χ1) is 2.94. The summed E-state index contributed by atoms with van der Waals surface area (Å²) in [6, 6.07) is -2.96. The highest BCUT2D eigenvalue weighted by Crippen LogP contribution is 2.17. The lowest BCUT2D eigenvalue weighted by atomic mass is 11.4. The third kappa shape index (κ3) is 3.17. The first kappa shape index (κ1) is 7.56. The van der Waals surface area contributed by atoms with Crippen molar-refractivity contribution in [3.8, 4) is 0 Å². The SMILES string of the molecule is N=C(N)[Si](Cl)(Cl)Cl. The molecule has 0 fully saturated rings. The molecule has 0 amide bonds. The minimum atomic E-state index is -2.96. The molecule has 0 aromatic heterocycles. The molecule has 0 rings (SSSR count). The van der Waals surface area contributed by atoms with Crippen LogP contribution in [0.3, 0.4) is 0 Å². The van der Waals surface area contributed by atoms with Gasteiger partial charge in [-0.15, -0.1) is 33.2 Å². The Kier molecular flexibility index (Phi) is 2.39. The molecule has 7 heavy (non-hydrogen) atoms. The smallest absolute Gasteiger partial charge is 0.388 e. The van der Waals surface area contributed by atoms with E-state index in [-0.39, 0.29) is 5.46 Å². The molecule has 0 aliphatic carbocycles. The van der Waals surface area contributed by atoms with Crippen LogP contribution < -0.4 is 5.73 Å². The standard InChI is InChI=1S/CH3Cl3N2Si/c2-7(3,4)1(5)6/h(H3,5,6). The minimum Gasteiger partial charge on any atom is -0.388 e. The average molecular weight is 177 g/mol. The van der Waals surface area contributed by atoms with Crippen LogP contribution in [-0.2, 0) is 0 Å². The van der Waals surface area contributed by atoms with Gasteiger partial charge in [-0.3, -0.25) is 5.41 Å². The van der Waals surface area contributed by atoms with Crippen molar-refractivity contribution in [2.45, 2.75) is 0 Å². The van der Waals surface area contributed by atoms with Crippen molar-refractivity contribution in [3.05, 3.63) is 0 Å². The normalized spacial score (nSPS) is 11.3. The van der Waals surface area contributed by atoms with Crippen LogP contribution in [0.4, 0.5) is 0 Å². The van der Waals surface area contributed by atoms with E-state index in [2.05, 4.69) is 0 Å². The predicted octanol–water partition coefficient (Wildman–Crippen LogP) is 1.12. The van der Waals surface area contributed by atoms with Crippen LogP contribution in [0.2, 0.25) is 0 Å². The molecule has 0 saturated carbocycles. The van der Waals surface area contributed by atoms with E-state index in [0.29, 0.717) is 0 Å². The molecule has 0 aliphatic rings. The molecular formula is CH3Cl3N2Si. The maximum absolute atomic E-state index is 6.59. The summed E-state index contributed by atoms with van der Waals surface area (Å²) >= 11 is 15.6. The summed E-state index contributed by atoms with van der Waals surface area (Å²) < 4.78 is 0. The summed E-state index contributed by atoms with van der Waals surface area (Å²) in [5.74, 6) is 0. The fraction of sp³-hybridized carbons (Fsp3) is 0. The number of hydrogen-bond donors (Lipinski definition) is 2. The van der Waals surface area contributed by atoms with E-state index in [0.717, 1.165) is 0 Å². The third-order valence-corrected chi connectivity index (χ3v) is 2.75. The van der Waals surface area contributed by atoms with Crippen LogP contribution in [0, 0.1) is 5.41 Å². The molecule has 0 bridgehead atoms. The van der Waals surface area contributed by atoms with Crippen LogP contribution in [0.5, 0.6) is 0 Å². The zero-order valence-electron chi connectivity index (χ0n) is 3.21. The van der Waals surface area contributed by atoms with Gasteiger partial charge in [-0.25, -0.2) is 0 Å². The van der Waals surface area contributed by atoms with Crippen molar-refractivity contribution >= 4 is 44.7 Å². The molecule has 0 spiro atoms. The van der Waals surface area contributed by atoms with Crippen LogP contribution >= 0.6 is 33.2 Å². The van der Waals surface area contributed by atoms with E-state index in [1.807, 2.05) is 0 Å². The van der Waals surface area contributed by atoms with Gasteiger partial charge in [0.15, 0.2) is 0 Å². The molecule has 0 aromatic carbocycles. The highest BCUT2D eigenvalue weighted by Gasteiger charge is 2.29. The molecular weight excluding hydrogens is 174 g/mol. The monoisotopic (exact) mass is 176 g/mol. The molecule has 0 saturated heterocycles. The average Bonchev–Trinajstić information content (AvgIpc) is 1.31. The minimum absolute atomic E-state index is 0.322. The quantitative estimate of drug-likeness (QED) is 0.268. The number of nitrogens with two attached hydrogens (primary N) is 1. The second-order valence-corrected chi connectivity index (χ2v) is 9.29. The Labute approximate surface area is 56.2 Å². The van der Waals surface area contributed by atoms with Crippen molar-refractivity contribution < 1.29 is 0 Å². The first-order valence-electron chi connectivity index (χ1n) is 1.36. The number of hydrogen-bond acceptors (Lipinski definition) is 1. The van der Waals surface area contributed by atoms with Gasteiger partial charge in [0.05, 0.1) is 0 Å². The Balaban J connectivity index is 3.79. The zero-order chi connectivity index (χ0) is 6.08. The van der Waals surface area contributed by atoms with Crippen molar-refractivity contribution in [1.29, 1.82) is 5.41 Å². The summed E-state index contributed by atoms with van der Waals surface area (Å²) in [6.07, 6.45) is 0. The summed E-state index contributed by atoms with van der Waals surface area (Å²) in [4.78, 5) is 0. The van der Waals surface area contributed by atoms with Gasteiger partial charge in [0, 0.05) is 0 Å². The number of rotatable bonds is 1. The lowest BCUT2D eigenvalue weighted by Gasteiger charge is -2.00. The Morgan fingerprint density at radius 2 is 1.57 bits per heavy atom. The molecule has 0 radical (unpaired) electrons. The Hall–Kier alpha value is 0.557. The molecule has 0 unspecified atom stereocenters. The number of nitrogens with one attached hydrogen (secondary N) is 1. The Bertz CT molecular complexity index is 85.4. The lowest BCUT2D eigenvalue weighted by molar-refractivity contribution is 1.50. The van der Waals surface area contributed by atoms with Gasteiger partial charge in [0.25, 0.3) is 0 Å². The van der Waals surface area contributed by atoms with Crippen LogP contribution in [0.25, 0.3) is 0 Å². The van der Waals surface area contributed by atoms with Gasteiger partial charge < -0.3 is 5.73 Å². The fourth-order valence-corrected chi connectivity index (χ4v) is 0. The number of amidine groups is 1. The number of halogens is 3. The maximum Gasteiger partial charge on any atom is 0.407 e. The van der Waals surface area contributed by atoms with Gasteiger partial charge in [-0.2, -0.15) is 0 Å². The molecule has 0 aliphatic heterocycles. The fourth-order valence-electron chi connectivity index (χ4n) is 0. The van der Waals surface area contributed by atoms with Crippen LogP contribution in [0.15, 0.2) is 0 Å². The molecule has 2 nitrogen and oxygen atoms in total. The van der Waals surface area contributed by atoms with Crippen molar-refractivity contribution in [2.24, 2.45) is 5.73 Å². The van der Waals surface area contributed by atoms with E-state index in [9.17, 15) is 0 Å². The van der Waals surface area contributed by atoms with E-state index >= 15 is 0 Å². The molecule has 0 atom stereocenters. The summed E-state index contributed by atoms with van der Waals surface area (Å²) in [5, 5.41) is 6.59. The second kappa shape index (κ2) is 2.22. The second-order valence-electron chi connectivity index (χ2n) is 0.911. The molecule has 3 N–H and O–H groups in total. The van der Waals surface area contributed by atoms with Crippen LogP contribution in [-0.4, -0.2) is 11.5 Å². The maximum atomic E-state index is 6.59. The van der Waals surface area contributed by atoms with Crippen molar-refractivity contribution in [3.63, 3.8) is 0 Å². The van der Waals surface area contributed by atoms with Gasteiger partial charge in [0.2, 0.25) is 0 Å². The van der Waals surface area contributed by atoms with Gasteiger partial charge in [-0.05, 0) is 0 Å². The lowest BCUT2D eigenvalue weighted by Crippen LogP contribution is -2.32. The van der Waals surface area contributed by atoms with Crippen LogP contribution in [0.1, 0.15) is 0 Å². The molecule has 0 aromatic rings. The van der Waals surface area contributed by atoms with Crippen molar-refractivity contribution in [2.75, 3.05) is 0 Å². The Morgan fingerprint density at radius 1 is 1.43 bits per heavy atom. The Morgan fingerprint density at radius 3 is 1.57 bits per heavy atom.